The molecule has 49 heavy (non-hydrogen) atoms. The van der Waals surface area contributed by atoms with Crippen molar-refractivity contribution >= 4 is 36.1 Å². The fraction of sp³-hybridized carbons (Fsp3) is 0.366. The van der Waals surface area contributed by atoms with Gasteiger partial charge in [-0.05, 0) is 84.4 Å². The number of nitrogens with one attached hydrogen (secondary N) is 1. The van der Waals surface area contributed by atoms with Crippen LogP contribution >= 0.6 is 0 Å². The Morgan fingerprint density at radius 2 is 1.31 bits per heavy atom. The number of allylic oxidation sites excluding steroid dienone is 2. The molecule has 0 amide bonds. The molecule has 0 radical (unpaired) electrons. The van der Waals surface area contributed by atoms with Crippen LogP contribution in [0.15, 0.2) is 78.9 Å². The van der Waals surface area contributed by atoms with Gasteiger partial charge in [-0.25, -0.2) is 0 Å². The Bertz CT molecular complexity index is 1580. The number of hydrogen-bond acceptors (Lipinski definition) is 7. The van der Waals surface area contributed by atoms with E-state index in [1.807, 2.05) is 97.8 Å². The lowest BCUT2D eigenvalue weighted by Crippen LogP contribution is -2.38. The molecule has 2 atom stereocenters. The first-order valence-electron chi connectivity index (χ1n) is 16.8. The molecule has 0 fully saturated rings. The molecule has 0 bridgehead atoms. The normalized spacial score (nSPS) is 11.8. The fourth-order valence-electron chi connectivity index (χ4n) is 4.95. The highest BCUT2D eigenvalue weighted by molar-refractivity contribution is 6.67. The molecule has 0 saturated heterocycles. The molecular formula is C41H56BNO6. The van der Waals surface area contributed by atoms with Crippen molar-refractivity contribution in [3.63, 3.8) is 0 Å². The lowest BCUT2D eigenvalue weighted by Gasteiger charge is -2.27. The summed E-state index contributed by atoms with van der Waals surface area (Å²) in [5.41, 5.74) is 6.34. The van der Waals surface area contributed by atoms with Crippen molar-refractivity contribution in [1.29, 1.82) is 0 Å². The zero-order chi connectivity index (χ0) is 37.1. The van der Waals surface area contributed by atoms with E-state index < -0.39 is 12.0 Å². The largest absolute Gasteiger partial charge is 0.497 e. The van der Waals surface area contributed by atoms with Crippen molar-refractivity contribution in [2.45, 2.75) is 61.3 Å². The highest BCUT2D eigenvalue weighted by atomic mass is 16.5. The minimum absolute atomic E-state index is 0.208. The van der Waals surface area contributed by atoms with Gasteiger partial charge < -0.3 is 24.2 Å². The number of methoxy groups -OCH3 is 3. The van der Waals surface area contributed by atoms with Gasteiger partial charge in [-0.2, -0.15) is 0 Å². The summed E-state index contributed by atoms with van der Waals surface area (Å²) in [6.45, 7) is 20.1. The zero-order valence-electron chi connectivity index (χ0n) is 31.6. The van der Waals surface area contributed by atoms with Crippen LogP contribution in [0.25, 0.3) is 12.2 Å². The average Bonchev–Trinajstić information content (AvgIpc) is 3.13. The molecule has 7 nitrogen and oxygen atoms in total. The molecule has 2 unspecified atom stereocenters. The van der Waals surface area contributed by atoms with Crippen LogP contribution in [0.3, 0.4) is 0 Å². The molecule has 3 aromatic carbocycles. The summed E-state index contributed by atoms with van der Waals surface area (Å²) < 4.78 is 22.0. The molecule has 1 N–H and O–H groups in total. The van der Waals surface area contributed by atoms with Crippen LogP contribution in [0.2, 0.25) is 6.82 Å². The molecule has 0 aliphatic carbocycles. The minimum atomic E-state index is -1.08. The zero-order valence-corrected chi connectivity index (χ0v) is 31.6. The Balaban J connectivity index is 0.00000289. The first-order valence-corrected chi connectivity index (χ1v) is 16.8. The molecule has 0 aliphatic rings. The Morgan fingerprint density at radius 1 is 0.755 bits per heavy atom. The third-order valence-electron chi connectivity index (χ3n) is 7.80. The smallest absolute Gasteiger partial charge is 0.326 e. The van der Waals surface area contributed by atoms with E-state index >= 15 is 0 Å². The number of rotatable bonds is 16. The van der Waals surface area contributed by atoms with Gasteiger partial charge in [0, 0.05) is 19.7 Å². The Hall–Kier alpha value is -4.40. The van der Waals surface area contributed by atoms with Crippen LogP contribution in [0.5, 0.6) is 17.2 Å². The van der Waals surface area contributed by atoms with E-state index in [4.69, 9.17) is 18.9 Å². The summed E-state index contributed by atoms with van der Waals surface area (Å²) in [5.74, 6) is -0.0489. The minimum Gasteiger partial charge on any atom is -0.497 e. The molecule has 0 aliphatic heterocycles. The predicted octanol–water partition coefficient (Wildman–Crippen LogP) is 8.24. The highest BCUT2D eigenvalue weighted by Crippen LogP contribution is 2.30. The summed E-state index contributed by atoms with van der Waals surface area (Å²) in [6.07, 6.45) is 6.37. The van der Waals surface area contributed by atoms with Gasteiger partial charge in [-0.3, -0.25) is 9.59 Å². The number of ketones is 2. The van der Waals surface area contributed by atoms with Crippen molar-refractivity contribution < 1.29 is 28.5 Å². The second-order valence-electron chi connectivity index (χ2n) is 11.1. The number of ether oxygens (including phenoxy) is 3. The number of benzene rings is 3. The van der Waals surface area contributed by atoms with Crippen molar-refractivity contribution in [1.82, 2.24) is 5.32 Å². The summed E-state index contributed by atoms with van der Waals surface area (Å²) in [6, 6.07) is 16.3. The monoisotopic (exact) mass is 669 g/mol. The average molecular weight is 670 g/mol. The molecule has 0 heterocycles. The lowest BCUT2D eigenvalue weighted by atomic mass is 9.63. The van der Waals surface area contributed by atoms with Gasteiger partial charge in [-0.15, -0.1) is 0 Å². The van der Waals surface area contributed by atoms with Gasteiger partial charge >= 0.3 is 6.92 Å². The molecule has 3 aromatic rings. The van der Waals surface area contributed by atoms with Crippen LogP contribution in [0.1, 0.15) is 68.5 Å². The molecule has 264 valence electrons. The number of hydrogen-bond donors (Lipinski definition) is 1. The fourth-order valence-corrected chi connectivity index (χ4v) is 4.95. The number of carbonyl (C=O) groups excluding carboxylic acids is 2. The van der Waals surface area contributed by atoms with E-state index in [2.05, 4.69) is 11.9 Å². The van der Waals surface area contributed by atoms with Crippen LogP contribution in [-0.2, 0) is 14.2 Å². The highest BCUT2D eigenvalue weighted by Gasteiger charge is 2.34. The standard InChI is InChI=1S/C37H44BNO6.2C2H6/c1-24(2)23-39-37(29-15-16-30(38(5)45-9)34(22-29)43-7)36(31(40)17-12-27-11-10-25(3)26(4)20-27)32(41)18-13-28-14-19-33(42-6)35(21-28)44-8;2*1-2/h10-22,36-37,39H,1,23H2,2-9H3;2*1-2H3/b17-12+,18-13+;;. The van der Waals surface area contributed by atoms with E-state index in [0.29, 0.717) is 23.8 Å². The van der Waals surface area contributed by atoms with Gasteiger partial charge in [0.2, 0.25) is 0 Å². The van der Waals surface area contributed by atoms with E-state index in [0.717, 1.165) is 38.9 Å². The maximum absolute atomic E-state index is 14.1. The van der Waals surface area contributed by atoms with Crippen molar-refractivity contribution in [2.24, 2.45) is 5.92 Å². The summed E-state index contributed by atoms with van der Waals surface area (Å²) in [4.78, 5) is 28.1. The molecule has 0 saturated carbocycles. The van der Waals surface area contributed by atoms with Crippen LogP contribution < -0.4 is 25.0 Å². The van der Waals surface area contributed by atoms with E-state index in [9.17, 15) is 9.59 Å². The predicted molar refractivity (Wildman–Crippen MR) is 207 cm³/mol. The van der Waals surface area contributed by atoms with Crippen LogP contribution in [-0.4, -0.2) is 53.5 Å². The van der Waals surface area contributed by atoms with Crippen molar-refractivity contribution in [2.75, 3.05) is 35.0 Å². The van der Waals surface area contributed by atoms with Crippen molar-refractivity contribution in [3.8, 4) is 17.2 Å². The third kappa shape index (κ3) is 12.5. The molecule has 0 spiro atoms. The Labute approximate surface area is 295 Å². The number of carbonyl (C=O) groups is 2. The molecule has 3 rings (SSSR count). The topological polar surface area (TPSA) is 83.1 Å². The Kier molecular flexibility index (Phi) is 19.4. The van der Waals surface area contributed by atoms with E-state index in [1.54, 1.807) is 52.7 Å². The lowest BCUT2D eigenvalue weighted by molar-refractivity contribution is -0.128. The third-order valence-corrected chi connectivity index (χ3v) is 7.80. The van der Waals surface area contributed by atoms with Gasteiger partial charge in [0.25, 0.3) is 0 Å². The maximum Gasteiger partial charge on any atom is 0.326 e. The quantitative estimate of drug-likeness (QED) is 0.0712. The van der Waals surface area contributed by atoms with Crippen LogP contribution in [0, 0.1) is 19.8 Å². The Morgan fingerprint density at radius 3 is 1.82 bits per heavy atom. The summed E-state index contributed by atoms with van der Waals surface area (Å²) in [5, 5.41) is 3.43. The van der Waals surface area contributed by atoms with Gasteiger partial charge in [0.15, 0.2) is 23.1 Å². The van der Waals surface area contributed by atoms with Crippen molar-refractivity contribution in [3.05, 3.63) is 107 Å². The maximum atomic E-state index is 14.1. The van der Waals surface area contributed by atoms with E-state index in [-0.39, 0.29) is 18.5 Å². The van der Waals surface area contributed by atoms with Gasteiger partial charge in [0.05, 0.1) is 21.3 Å². The SMILES string of the molecule is C=C(C)CNC(c1ccc(B(C)OC)c(OC)c1)C(C(=O)/C=C/c1ccc(C)c(C)c1)C(=O)/C=C/c1ccc(OC)c(OC)c1.CC.CC. The molecular weight excluding hydrogens is 613 g/mol. The second kappa shape index (κ2) is 22.3. The van der Waals surface area contributed by atoms with E-state index in [1.165, 1.54) is 12.2 Å². The second-order valence-corrected chi connectivity index (χ2v) is 11.1. The summed E-state index contributed by atoms with van der Waals surface area (Å²) in [7, 11) is 6.34. The molecule has 8 heteroatoms. The number of aryl methyl sites for hydroxylation is 2. The first-order chi connectivity index (χ1) is 23.5. The van der Waals surface area contributed by atoms with Crippen LogP contribution in [0.4, 0.5) is 0 Å². The summed E-state index contributed by atoms with van der Waals surface area (Å²) >= 11 is 0. The van der Waals surface area contributed by atoms with Gasteiger partial charge in [-0.1, -0.05) is 95.2 Å². The van der Waals surface area contributed by atoms with Gasteiger partial charge in [0.1, 0.15) is 11.7 Å². The first kappa shape index (κ1) is 42.6. The molecule has 0 aromatic heterocycles.